The number of nitrogens with one attached hydrogen (secondary N) is 1. The van der Waals surface area contributed by atoms with Crippen LogP contribution in [0.2, 0.25) is 0 Å². The van der Waals surface area contributed by atoms with Gasteiger partial charge in [0.05, 0.1) is 6.54 Å². The van der Waals surface area contributed by atoms with Crippen LogP contribution in [0.1, 0.15) is 0 Å². The summed E-state index contributed by atoms with van der Waals surface area (Å²) < 4.78 is 10.1. The Kier molecular flexibility index (Phi) is 1.77. The van der Waals surface area contributed by atoms with E-state index in [1.165, 1.54) is 0 Å². The third kappa shape index (κ3) is 1.17. The quantitative estimate of drug-likeness (QED) is 0.584. The van der Waals surface area contributed by atoms with Gasteiger partial charge < -0.3 is 14.8 Å². The smallest absolute Gasteiger partial charge is 0.234 e. The summed E-state index contributed by atoms with van der Waals surface area (Å²) in [6, 6.07) is 0. The molecule has 0 radical (unpaired) electrons. The molecule has 0 aromatic carbocycles. The van der Waals surface area contributed by atoms with Crippen molar-refractivity contribution in [2.45, 2.75) is 0 Å². The van der Waals surface area contributed by atoms with Gasteiger partial charge in [-0.05, 0) is 0 Å². The number of hydrogen-bond donors (Lipinski definition) is 1. The maximum atomic E-state index is 5.17. The van der Waals surface area contributed by atoms with Crippen molar-refractivity contribution in [1.82, 2.24) is 10.2 Å². The number of nitrogens with zero attached hydrogens (tertiary/aromatic N) is 2. The second-order valence-electron chi connectivity index (χ2n) is 2.58. The molecule has 0 unspecified atom stereocenters. The molecule has 0 amide bonds. The minimum absolute atomic E-state index is 0.299. The first-order valence-corrected chi connectivity index (χ1v) is 3.84. The average molecular weight is 169 g/mol. The van der Waals surface area contributed by atoms with Gasteiger partial charge >= 0.3 is 0 Å². The summed E-state index contributed by atoms with van der Waals surface area (Å²) in [5, 5.41) is 3.13. The van der Waals surface area contributed by atoms with Crippen LogP contribution in [-0.4, -0.2) is 37.8 Å². The predicted octanol–water partition coefficient (Wildman–Crippen LogP) is -0.319. The fourth-order valence-electron chi connectivity index (χ4n) is 1.12. The van der Waals surface area contributed by atoms with Crippen LogP contribution in [0, 0.1) is 0 Å². The zero-order valence-electron chi connectivity index (χ0n) is 6.91. The van der Waals surface area contributed by atoms with Crippen molar-refractivity contribution in [2.75, 3.05) is 26.9 Å². The molecule has 1 N–H and O–H groups in total. The van der Waals surface area contributed by atoms with Gasteiger partial charge in [0.15, 0.2) is 0 Å². The molecule has 0 aromatic rings. The molecule has 2 aliphatic rings. The number of hydrogen-bond acceptors (Lipinski definition) is 5. The van der Waals surface area contributed by atoms with Gasteiger partial charge in [0, 0.05) is 13.6 Å². The second-order valence-corrected chi connectivity index (χ2v) is 2.58. The first-order valence-electron chi connectivity index (χ1n) is 3.84. The highest BCUT2D eigenvalue weighted by atomic mass is 16.7. The van der Waals surface area contributed by atoms with Crippen molar-refractivity contribution < 1.29 is 9.47 Å². The molecule has 0 aromatic heterocycles. The molecule has 2 rings (SSSR count). The molecule has 2 heterocycles. The predicted molar refractivity (Wildman–Crippen MR) is 43.2 cm³/mol. The minimum atomic E-state index is 0.299. The van der Waals surface area contributed by atoms with Gasteiger partial charge in [-0.2, -0.15) is 0 Å². The number of ether oxygens (including phenoxy) is 2. The third-order valence-electron chi connectivity index (χ3n) is 1.76. The van der Waals surface area contributed by atoms with E-state index in [0.29, 0.717) is 12.7 Å². The minimum Gasteiger partial charge on any atom is -0.459 e. The van der Waals surface area contributed by atoms with E-state index < -0.39 is 0 Å². The summed E-state index contributed by atoms with van der Waals surface area (Å²) in [5.41, 5.74) is 0. The lowest BCUT2D eigenvalue weighted by atomic mass is 10.7. The van der Waals surface area contributed by atoms with E-state index in [1.807, 2.05) is 11.9 Å². The molecule has 12 heavy (non-hydrogen) atoms. The van der Waals surface area contributed by atoms with Crippen molar-refractivity contribution in [3.63, 3.8) is 0 Å². The van der Waals surface area contributed by atoms with Crippen LogP contribution in [0.15, 0.2) is 17.1 Å². The molecule has 0 bridgehead atoms. The molecule has 0 saturated carbocycles. The molecule has 66 valence electrons. The molecular weight excluding hydrogens is 158 g/mol. The Morgan fingerprint density at radius 1 is 1.67 bits per heavy atom. The molecule has 0 spiro atoms. The largest absolute Gasteiger partial charge is 0.459 e. The zero-order chi connectivity index (χ0) is 8.39. The first-order chi connectivity index (χ1) is 5.88. The van der Waals surface area contributed by atoms with E-state index >= 15 is 0 Å². The molecular formula is C7H11N3O2. The fourth-order valence-corrected chi connectivity index (χ4v) is 1.12. The van der Waals surface area contributed by atoms with Gasteiger partial charge in [-0.1, -0.05) is 0 Å². The molecule has 0 saturated heterocycles. The summed E-state index contributed by atoms with van der Waals surface area (Å²) in [4.78, 5) is 6.07. The average Bonchev–Trinajstić information content (AvgIpc) is 2.77. The monoisotopic (exact) mass is 169 g/mol. The van der Waals surface area contributed by atoms with Crippen LogP contribution in [0.25, 0.3) is 0 Å². The lowest BCUT2D eigenvalue weighted by Gasteiger charge is -2.17. The molecule has 5 heteroatoms. The van der Waals surface area contributed by atoms with E-state index in [-0.39, 0.29) is 0 Å². The molecule has 0 fully saturated rings. The highest BCUT2D eigenvalue weighted by Crippen LogP contribution is 2.11. The van der Waals surface area contributed by atoms with Gasteiger partial charge in [0.25, 0.3) is 0 Å². The number of rotatable bonds is 1. The van der Waals surface area contributed by atoms with Crippen molar-refractivity contribution in [1.29, 1.82) is 0 Å². The first kappa shape index (κ1) is 7.27. The van der Waals surface area contributed by atoms with Crippen LogP contribution < -0.4 is 5.32 Å². The number of guanidine groups is 1. The Hall–Kier alpha value is -1.39. The normalized spacial score (nSPS) is 20.4. The van der Waals surface area contributed by atoms with Crippen LogP contribution in [0.5, 0.6) is 0 Å². The maximum absolute atomic E-state index is 5.17. The fraction of sp³-hybridized carbons (Fsp3) is 0.571. The van der Waals surface area contributed by atoms with E-state index in [4.69, 9.17) is 9.47 Å². The lowest BCUT2D eigenvalue weighted by molar-refractivity contribution is 0.0637. The molecule has 0 aliphatic carbocycles. The second kappa shape index (κ2) is 2.92. The van der Waals surface area contributed by atoms with E-state index in [0.717, 1.165) is 19.0 Å². The van der Waals surface area contributed by atoms with Gasteiger partial charge in [0.1, 0.15) is 6.26 Å². The Morgan fingerprint density at radius 3 is 3.17 bits per heavy atom. The number of aliphatic imine (C=N–C) groups is 1. The van der Waals surface area contributed by atoms with Gasteiger partial charge in [-0.25, -0.2) is 0 Å². The standard InChI is InChI=1S/C7H11N3O2/c1-10(6-4-11-5-12-6)7-8-2-3-9-7/h4H,2-3,5H2,1H3,(H,8,9). The molecule has 2 aliphatic heterocycles. The van der Waals surface area contributed by atoms with E-state index in [1.54, 1.807) is 6.26 Å². The van der Waals surface area contributed by atoms with Crippen molar-refractivity contribution in [3.05, 3.63) is 12.1 Å². The topological polar surface area (TPSA) is 46.1 Å². The summed E-state index contributed by atoms with van der Waals surface area (Å²) in [6.45, 7) is 2.02. The third-order valence-corrected chi connectivity index (χ3v) is 1.76. The summed E-state index contributed by atoms with van der Waals surface area (Å²) in [5.74, 6) is 1.54. The zero-order valence-corrected chi connectivity index (χ0v) is 6.91. The summed E-state index contributed by atoms with van der Waals surface area (Å²) in [6.07, 6.45) is 1.59. The van der Waals surface area contributed by atoms with Gasteiger partial charge in [-0.3, -0.25) is 9.89 Å². The highest BCUT2D eigenvalue weighted by Gasteiger charge is 2.18. The van der Waals surface area contributed by atoms with E-state index in [9.17, 15) is 0 Å². The van der Waals surface area contributed by atoms with Crippen LogP contribution in [0.3, 0.4) is 0 Å². The Labute approximate surface area is 70.7 Å². The van der Waals surface area contributed by atoms with Crippen LogP contribution >= 0.6 is 0 Å². The van der Waals surface area contributed by atoms with Crippen molar-refractivity contribution in [2.24, 2.45) is 4.99 Å². The van der Waals surface area contributed by atoms with Gasteiger partial charge in [-0.15, -0.1) is 0 Å². The Bertz CT molecular complexity index is 213. The summed E-state index contributed by atoms with van der Waals surface area (Å²) in [7, 11) is 1.89. The van der Waals surface area contributed by atoms with Crippen molar-refractivity contribution >= 4 is 5.96 Å². The van der Waals surface area contributed by atoms with Crippen molar-refractivity contribution in [3.8, 4) is 0 Å². The maximum Gasteiger partial charge on any atom is 0.234 e. The molecule has 5 nitrogen and oxygen atoms in total. The SMILES string of the molecule is CN(C1=COCO1)C1=NCCN1. The molecule has 0 atom stereocenters. The Balaban J connectivity index is 2.03. The van der Waals surface area contributed by atoms with Crippen LogP contribution in [0.4, 0.5) is 0 Å². The van der Waals surface area contributed by atoms with E-state index in [2.05, 4.69) is 10.3 Å². The van der Waals surface area contributed by atoms with Gasteiger partial charge in [0.2, 0.25) is 18.6 Å². The van der Waals surface area contributed by atoms with Crippen LogP contribution in [-0.2, 0) is 9.47 Å². The summed E-state index contributed by atoms with van der Waals surface area (Å²) >= 11 is 0. The lowest BCUT2D eigenvalue weighted by Crippen LogP contribution is -2.35. The Morgan fingerprint density at radius 2 is 2.58 bits per heavy atom. The highest BCUT2D eigenvalue weighted by molar-refractivity contribution is 5.82.